The lowest BCUT2D eigenvalue weighted by atomic mass is 9.74. The van der Waals surface area contributed by atoms with Crippen LogP contribution in [0, 0.1) is 5.41 Å². The zero-order chi connectivity index (χ0) is 21.3. The van der Waals surface area contributed by atoms with Crippen molar-refractivity contribution < 1.29 is 14.3 Å². The molecule has 4 nitrogen and oxygen atoms in total. The van der Waals surface area contributed by atoms with E-state index in [1.54, 1.807) is 18.9 Å². The lowest BCUT2D eigenvalue weighted by molar-refractivity contribution is -0.118. The van der Waals surface area contributed by atoms with Gasteiger partial charge in [0.1, 0.15) is 0 Å². The third kappa shape index (κ3) is 4.08. The Labute approximate surface area is 183 Å². The van der Waals surface area contributed by atoms with E-state index in [-0.39, 0.29) is 16.4 Å². The molecular formula is C25H29NO3S. The first-order valence-corrected chi connectivity index (χ1v) is 11.4. The molecule has 0 unspecified atom stereocenters. The van der Waals surface area contributed by atoms with E-state index in [0.29, 0.717) is 18.8 Å². The van der Waals surface area contributed by atoms with Crippen molar-refractivity contribution in [3.63, 3.8) is 0 Å². The molecule has 5 heteroatoms. The van der Waals surface area contributed by atoms with Gasteiger partial charge in [-0.2, -0.15) is 0 Å². The monoisotopic (exact) mass is 423 g/mol. The summed E-state index contributed by atoms with van der Waals surface area (Å²) in [5.74, 6) is 1.67. The van der Waals surface area contributed by atoms with Gasteiger partial charge < -0.3 is 14.8 Å². The number of hydrogen-bond acceptors (Lipinski definition) is 5. The van der Waals surface area contributed by atoms with Gasteiger partial charge in [0.25, 0.3) is 0 Å². The normalized spacial score (nSPS) is 20.0. The Morgan fingerprint density at radius 1 is 1.13 bits per heavy atom. The summed E-state index contributed by atoms with van der Waals surface area (Å²) >= 11 is 1.73. The Kier molecular flexibility index (Phi) is 5.83. The van der Waals surface area contributed by atoms with Crippen molar-refractivity contribution in [2.45, 2.75) is 50.2 Å². The smallest absolute Gasteiger partial charge is 0.162 e. The predicted octanol–water partition coefficient (Wildman–Crippen LogP) is 6.39. The molecule has 0 bridgehead atoms. The molecule has 0 fully saturated rings. The highest BCUT2D eigenvalue weighted by Crippen LogP contribution is 2.52. The van der Waals surface area contributed by atoms with E-state index in [2.05, 4.69) is 44.3 Å². The van der Waals surface area contributed by atoms with Crippen LogP contribution in [-0.4, -0.2) is 19.5 Å². The lowest BCUT2D eigenvalue weighted by Gasteiger charge is -2.34. The summed E-state index contributed by atoms with van der Waals surface area (Å²) in [6.45, 7) is 7.06. The first-order valence-electron chi connectivity index (χ1n) is 10.5. The second kappa shape index (κ2) is 8.38. The van der Waals surface area contributed by atoms with E-state index in [1.165, 1.54) is 0 Å². The largest absolute Gasteiger partial charge is 0.493 e. The molecule has 0 amide bonds. The molecule has 0 radical (unpaired) electrons. The summed E-state index contributed by atoms with van der Waals surface area (Å²) in [7, 11) is 1.66. The number of fused-ring (bicyclic) bond motifs is 1. The first kappa shape index (κ1) is 20.9. The fourth-order valence-corrected chi connectivity index (χ4v) is 5.52. The Morgan fingerprint density at radius 2 is 1.93 bits per heavy atom. The fraction of sp³-hybridized carbons (Fsp3) is 0.400. The number of nitrogens with one attached hydrogen (secondary N) is 1. The highest BCUT2D eigenvalue weighted by Gasteiger charge is 2.39. The Balaban J connectivity index is 1.81. The maximum Gasteiger partial charge on any atom is 0.162 e. The molecule has 1 aliphatic carbocycles. The number of Topliss-reactive ketones (excluding diaryl/α,β-unsaturated/α-hetero) is 1. The molecule has 0 saturated heterocycles. The Morgan fingerprint density at radius 3 is 2.70 bits per heavy atom. The number of carbonyl (C=O) groups excluding carboxylic acids is 1. The van der Waals surface area contributed by atoms with Gasteiger partial charge >= 0.3 is 0 Å². The zero-order valence-corrected chi connectivity index (χ0v) is 18.9. The number of methoxy groups -OCH3 is 1. The molecule has 2 aromatic carbocycles. The van der Waals surface area contributed by atoms with Crippen LogP contribution in [0.3, 0.4) is 0 Å². The molecular weight excluding hydrogens is 394 g/mol. The van der Waals surface area contributed by atoms with E-state index in [9.17, 15) is 4.79 Å². The van der Waals surface area contributed by atoms with Crippen molar-refractivity contribution in [2.24, 2.45) is 5.41 Å². The van der Waals surface area contributed by atoms with Crippen LogP contribution < -0.4 is 14.8 Å². The van der Waals surface area contributed by atoms with Gasteiger partial charge in [-0.1, -0.05) is 39.0 Å². The van der Waals surface area contributed by atoms with Crippen LogP contribution in [0.5, 0.6) is 11.5 Å². The Hall–Kier alpha value is -2.40. The molecule has 2 aromatic rings. The minimum Gasteiger partial charge on any atom is -0.493 e. The van der Waals surface area contributed by atoms with Crippen LogP contribution in [0.4, 0.5) is 5.69 Å². The standard InChI is InChI=1S/C25H29NO3S/c1-5-12-29-20-11-10-16(13-21(20)28-4)24-23-18(14-25(2,3)15-19(23)27)26-17-8-6-7-9-22(17)30-24/h6-11,13,24,26H,5,12,14-15H2,1-4H3/t24-/m1/s1. The average Bonchev–Trinajstić information content (AvgIpc) is 2.87. The van der Waals surface area contributed by atoms with Crippen LogP contribution in [0.25, 0.3) is 0 Å². The summed E-state index contributed by atoms with van der Waals surface area (Å²) in [6.07, 6.45) is 2.36. The predicted molar refractivity (Wildman–Crippen MR) is 122 cm³/mol. The molecule has 0 aromatic heterocycles. The number of benzene rings is 2. The van der Waals surface area contributed by atoms with Crippen LogP contribution >= 0.6 is 11.8 Å². The summed E-state index contributed by atoms with van der Waals surface area (Å²) in [5, 5.41) is 3.51. The number of thioether (sulfide) groups is 1. The third-order valence-electron chi connectivity index (χ3n) is 5.55. The van der Waals surface area contributed by atoms with E-state index in [0.717, 1.165) is 46.0 Å². The molecule has 0 saturated carbocycles. The molecule has 158 valence electrons. The van der Waals surface area contributed by atoms with Crippen molar-refractivity contribution in [1.82, 2.24) is 0 Å². The number of ketones is 1. The quantitative estimate of drug-likeness (QED) is 0.604. The van der Waals surface area contributed by atoms with Crippen LogP contribution in [0.15, 0.2) is 58.6 Å². The van der Waals surface area contributed by atoms with Gasteiger partial charge in [-0.3, -0.25) is 4.79 Å². The van der Waals surface area contributed by atoms with E-state index < -0.39 is 0 Å². The highest BCUT2D eigenvalue weighted by atomic mass is 32.2. The topological polar surface area (TPSA) is 47.6 Å². The van der Waals surface area contributed by atoms with Gasteiger partial charge in [0, 0.05) is 22.6 Å². The lowest BCUT2D eigenvalue weighted by Crippen LogP contribution is -2.29. The van der Waals surface area contributed by atoms with E-state index in [4.69, 9.17) is 9.47 Å². The number of allylic oxidation sites excluding steroid dienone is 1. The summed E-state index contributed by atoms with van der Waals surface area (Å²) in [4.78, 5) is 14.5. The van der Waals surface area contributed by atoms with Crippen molar-refractivity contribution >= 4 is 23.2 Å². The maximum atomic E-state index is 13.3. The van der Waals surface area contributed by atoms with Gasteiger partial charge in [-0.05, 0) is 48.1 Å². The van der Waals surface area contributed by atoms with Crippen LogP contribution in [-0.2, 0) is 4.79 Å². The van der Waals surface area contributed by atoms with E-state index >= 15 is 0 Å². The molecule has 0 spiro atoms. The number of hydrogen-bond donors (Lipinski definition) is 1. The van der Waals surface area contributed by atoms with Crippen molar-refractivity contribution in [3.8, 4) is 11.5 Å². The average molecular weight is 424 g/mol. The number of ether oxygens (including phenoxy) is 2. The summed E-state index contributed by atoms with van der Waals surface area (Å²) < 4.78 is 11.5. The Bertz CT molecular complexity index is 996. The van der Waals surface area contributed by atoms with Crippen LogP contribution in [0.1, 0.15) is 50.8 Å². The third-order valence-corrected chi connectivity index (χ3v) is 6.91. The number of para-hydroxylation sites is 1. The van der Waals surface area contributed by atoms with Crippen LogP contribution in [0.2, 0.25) is 0 Å². The second-order valence-corrected chi connectivity index (χ2v) is 9.86. The molecule has 1 N–H and O–H groups in total. The molecule has 1 heterocycles. The minimum absolute atomic E-state index is 0.0487. The van der Waals surface area contributed by atoms with Crippen molar-refractivity contribution in [1.29, 1.82) is 0 Å². The van der Waals surface area contributed by atoms with Gasteiger partial charge in [0.15, 0.2) is 17.3 Å². The van der Waals surface area contributed by atoms with E-state index in [1.807, 2.05) is 24.3 Å². The van der Waals surface area contributed by atoms with Crippen molar-refractivity contribution in [3.05, 3.63) is 59.3 Å². The number of rotatable bonds is 5. The minimum atomic E-state index is -0.0890. The van der Waals surface area contributed by atoms with Gasteiger partial charge in [-0.15, -0.1) is 11.8 Å². The molecule has 30 heavy (non-hydrogen) atoms. The summed E-state index contributed by atoms with van der Waals surface area (Å²) in [5.41, 5.74) is 4.01. The number of anilines is 1. The molecule has 1 atom stereocenters. The van der Waals surface area contributed by atoms with Gasteiger partial charge in [0.2, 0.25) is 0 Å². The molecule has 4 rings (SSSR count). The van der Waals surface area contributed by atoms with Gasteiger partial charge in [-0.25, -0.2) is 0 Å². The molecule has 2 aliphatic rings. The highest BCUT2D eigenvalue weighted by molar-refractivity contribution is 8.00. The second-order valence-electron chi connectivity index (χ2n) is 8.71. The first-order chi connectivity index (χ1) is 14.4. The SMILES string of the molecule is CCCOc1ccc([C@H]2Sc3ccccc3NC3=C2C(=O)CC(C)(C)C3)cc1OC. The van der Waals surface area contributed by atoms with Crippen molar-refractivity contribution in [2.75, 3.05) is 19.0 Å². The maximum absolute atomic E-state index is 13.3. The number of carbonyl (C=O) groups is 1. The zero-order valence-electron chi connectivity index (χ0n) is 18.1. The van der Waals surface area contributed by atoms with Gasteiger partial charge in [0.05, 0.1) is 24.7 Å². The molecule has 1 aliphatic heterocycles. The summed E-state index contributed by atoms with van der Waals surface area (Å²) in [6, 6.07) is 14.3. The fourth-order valence-electron chi connectivity index (χ4n) is 4.18.